The third-order valence-electron chi connectivity index (χ3n) is 5.91. The number of aromatic nitrogens is 1. The van der Waals surface area contributed by atoms with Gasteiger partial charge >= 0.3 is 0 Å². The molecule has 1 saturated heterocycles. The van der Waals surface area contributed by atoms with Gasteiger partial charge in [-0.2, -0.15) is 0 Å². The van der Waals surface area contributed by atoms with E-state index in [1.54, 1.807) is 18.2 Å². The van der Waals surface area contributed by atoms with Crippen molar-refractivity contribution in [2.45, 2.75) is 63.5 Å². The van der Waals surface area contributed by atoms with Gasteiger partial charge in [0.15, 0.2) is 0 Å². The Labute approximate surface area is 165 Å². The lowest BCUT2D eigenvalue weighted by Crippen LogP contribution is -2.36. The summed E-state index contributed by atoms with van der Waals surface area (Å²) in [5.41, 5.74) is 1.83. The van der Waals surface area contributed by atoms with Crippen LogP contribution >= 0.6 is 0 Å². The summed E-state index contributed by atoms with van der Waals surface area (Å²) in [5, 5.41) is 7.27. The van der Waals surface area contributed by atoms with Crippen molar-refractivity contribution < 1.29 is 13.7 Å². The summed E-state index contributed by atoms with van der Waals surface area (Å²) in [6, 6.07) is 8.82. The van der Waals surface area contributed by atoms with Crippen molar-refractivity contribution in [3.8, 4) is 0 Å². The zero-order chi connectivity index (χ0) is 19.3. The highest BCUT2D eigenvalue weighted by Crippen LogP contribution is 2.28. The number of carbonyl (C=O) groups is 1. The maximum Gasteiger partial charge on any atom is 0.290 e. The van der Waals surface area contributed by atoms with Crippen molar-refractivity contribution in [1.29, 1.82) is 0 Å². The van der Waals surface area contributed by atoms with E-state index < -0.39 is 0 Å². The highest BCUT2D eigenvalue weighted by atomic mass is 19.1. The van der Waals surface area contributed by atoms with Crippen molar-refractivity contribution in [3.63, 3.8) is 0 Å². The summed E-state index contributed by atoms with van der Waals surface area (Å²) in [7, 11) is 0. The van der Waals surface area contributed by atoms with E-state index in [1.165, 1.54) is 25.3 Å². The number of likely N-dealkylation sites (tertiary alicyclic amines) is 1. The van der Waals surface area contributed by atoms with Gasteiger partial charge in [0, 0.05) is 31.1 Å². The summed E-state index contributed by atoms with van der Waals surface area (Å²) < 4.78 is 18.8. The number of hydrogen-bond acceptors (Lipinski definition) is 4. The summed E-state index contributed by atoms with van der Waals surface area (Å²) in [6.45, 7) is 2.55. The second-order valence-electron chi connectivity index (χ2n) is 8.13. The Bertz CT molecular complexity index is 801. The molecular weight excluding hydrogens is 357 g/mol. The fourth-order valence-electron chi connectivity index (χ4n) is 4.43. The highest BCUT2D eigenvalue weighted by molar-refractivity contribution is 5.91. The van der Waals surface area contributed by atoms with Gasteiger partial charge in [-0.1, -0.05) is 36.6 Å². The molecule has 2 aliphatic rings. The second-order valence-corrected chi connectivity index (χ2v) is 8.13. The molecular formula is C22H28FN3O2. The number of rotatable bonds is 5. The predicted octanol–water partition coefficient (Wildman–Crippen LogP) is 4.26. The molecule has 0 bridgehead atoms. The van der Waals surface area contributed by atoms with Gasteiger partial charge in [-0.05, 0) is 49.9 Å². The molecule has 4 rings (SSSR count). The minimum atomic E-state index is -0.198. The van der Waals surface area contributed by atoms with Gasteiger partial charge in [-0.3, -0.25) is 9.69 Å². The molecule has 28 heavy (non-hydrogen) atoms. The first-order valence-electron chi connectivity index (χ1n) is 10.4. The van der Waals surface area contributed by atoms with Crippen LogP contribution in [0, 0.1) is 5.82 Å². The lowest BCUT2D eigenvalue weighted by Gasteiger charge is -2.31. The number of piperidine rings is 1. The molecule has 0 radical (unpaired) electrons. The van der Waals surface area contributed by atoms with Crippen LogP contribution in [0.4, 0.5) is 4.39 Å². The van der Waals surface area contributed by atoms with Crippen LogP contribution < -0.4 is 5.32 Å². The topological polar surface area (TPSA) is 58.4 Å². The number of halogens is 1. The maximum atomic E-state index is 13.4. The zero-order valence-electron chi connectivity index (χ0n) is 16.2. The normalized spacial score (nSPS) is 21.5. The summed E-state index contributed by atoms with van der Waals surface area (Å²) in [5.74, 6) is 0.194. The van der Waals surface area contributed by atoms with E-state index in [9.17, 15) is 9.18 Å². The van der Waals surface area contributed by atoms with E-state index in [2.05, 4.69) is 15.4 Å². The minimum absolute atomic E-state index is 0.155. The monoisotopic (exact) mass is 385 g/mol. The smallest absolute Gasteiger partial charge is 0.290 e. The van der Waals surface area contributed by atoms with E-state index in [0.717, 1.165) is 56.6 Å². The largest absolute Gasteiger partial charge is 0.351 e. The van der Waals surface area contributed by atoms with Crippen LogP contribution in [0.25, 0.3) is 0 Å². The van der Waals surface area contributed by atoms with Crippen LogP contribution in [0.15, 0.2) is 34.9 Å². The van der Waals surface area contributed by atoms with E-state index in [4.69, 9.17) is 4.52 Å². The van der Waals surface area contributed by atoms with Gasteiger partial charge in [0.2, 0.25) is 5.76 Å². The van der Waals surface area contributed by atoms with Crippen LogP contribution in [0.2, 0.25) is 0 Å². The van der Waals surface area contributed by atoms with Crippen LogP contribution in [-0.4, -0.2) is 35.1 Å². The summed E-state index contributed by atoms with van der Waals surface area (Å²) in [6.07, 6.45) is 7.78. The third kappa shape index (κ3) is 4.79. The molecule has 2 heterocycles. The second kappa shape index (κ2) is 8.86. The first-order chi connectivity index (χ1) is 13.7. The van der Waals surface area contributed by atoms with Crippen LogP contribution in [0.3, 0.4) is 0 Å². The summed E-state index contributed by atoms with van der Waals surface area (Å²) >= 11 is 0. The molecule has 1 unspecified atom stereocenters. The average molecular weight is 385 g/mol. The van der Waals surface area contributed by atoms with Gasteiger partial charge < -0.3 is 9.84 Å². The van der Waals surface area contributed by atoms with Crippen molar-refractivity contribution >= 4 is 5.91 Å². The fourth-order valence-corrected chi connectivity index (χ4v) is 4.43. The molecule has 1 aliphatic carbocycles. The molecule has 1 aromatic carbocycles. The highest BCUT2D eigenvalue weighted by Gasteiger charge is 2.26. The standard InChI is InChI=1S/C22H28FN3O2/c23-18-8-4-6-16(12-18)14-26-11-5-7-17(15-26)20-13-21(28-25-20)22(27)24-19-9-2-1-3-10-19/h4,6,8,12-13,17,19H,1-3,5,7,9-11,14-15H2,(H,24,27). The Morgan fingerprint density at radius 2 is 2.04 bits per heavy atom. The van der Waals surface area contributed by atoms with Crippen molar-refractivity contribution in [2.75, 3.05) is 13.1 Å². The van der Waals surface area contributed by atoms with Crippen LogP contribution in [-0.2, 0) is 6.54 Å². The number of nitrogens with one attached hydrogen (secondary N) is 1. The van der Waals surface area contributed by atoms with Crippen molar-refractivity contribution in [1.82, 2.24) is 15.4 Å². The maximum absolute atomic E-state index is 13.4. The van der Waals surface area contributed by atoms with E-state index in [1.807, 2.05) is 6.07 Å². The average Bonchev–Trinajstić information content (AvgIpc) is 3.20. The van der Waals surface area contributed by atoms with Gasteiger partial charge in [-0.15, -0.1) is 0 Å². The van der Waals surface area contributed by atoms with E-state index in [0.29, 0.717) is 5.76 Å². The molecule has 0 spiro atoms. The van der Waals surface area contributed by atoms with Crippen molar-refractivity contribution in [2.24, 2.45) is 0 Å². The third-order valence-corrected chi connectivity index (χ3v) is 5.91. The van der Waals surface area contributed by atoms with E-state index >= 15 is 0 Å². The lowest BCUT2D eigenvalue weighted by molar-refractivity contribution is 0.0890. The molecule has 2 aromatic rings. The number of hydrogen-bond donors (Lipinski definition) is 1. The quantitative estimate of drug-likeness (QED) is 0.836. The number of benzene rings is 1. The minimum Gasteiger partial charge on any atom is -0.351 e. The molecule has 1 amide bonds. The SMILES string of the molecule is O=C(NC1CCCCC1)c1cc(C2CCCN(Cc3cccc(F)c3)C2)no1. The Kier molecular flexibility index (Phi) is 6.05. The molecule has 150 valence electrons. The first kappa shape index (κ1) is 19.1. The van der Waals surface area contributed by atoms with E-state index in [-0.39, 0.29) is 23.7 Å². The Morgan fingerprint density at radius 1 is 1.18 bits per heavy atom. The van der Waals surface area contributed by atoms with Crippen LogP contribution in [0.5, 0.6) is 0 Å². The Morgan fingerprint density at radius 3 is 2.86 bits per heavy atom. The molecule has 1 aromatic heterocycles. The molecule has 5 nitrogen and oxygen atoms in total. The molecule has 1 N–H and O–H groups in total. The Balaban J connectivity index is 1.35. The molecule has 1 saturated carbocycles. The zero-order valence-corrected chi connectivity index (χ0v) is 16.2. The molecule has 1 atom stereocenters. The first-order valence-corrected chi connectivity index (χ1v) is 10.4. The van der Waals surface area contributed by atoms with Gasteiger partial charge in [-0.25, -0.2) is 4.39 Å². The van der Waals surface area contributed by atoms with Gasteiger partial charge in [0.1, 0.15) is 5.82 Å². The Hall–Kier alpha value is -2.21. The summed E-state index contributed by atoms with van der Waals surface area (Å²) in [4.78, 5) is 14.8. The molecule has 6 heteroatoms. The van der Waals surface area contributed by atoms with Gasteiger partial charge in [0.05, 0.1) is 5.69 Å². The number of amides is 1. The van der Waals surface area contributed by atoms with Crippen LogP contribution in [0.1, 0.15) is 72.7 Å². The lowest BCUT2D eigenvalue weighted by atomic mass is 9.94. The number of carbonyl (C=O) groups excluding carboxylic acids is 1. The van der Waals surface area contributed by atoms with Crippen molar-refractivity contribution in [3.05, 3.63) is 53.2 Å². The molecule has 1 aliphatic heterocycles. The number of nitrogens with zero attached hydrogens (tertiary/aromatic N) is 2. The molecule has 2 fully saturated rings. The fraction of sp³-hybridized carbons (Fsp3) is 0.545. The predicted molar refractivity (Wildman–Crippen MR) is 104 cm³/mol. The van der Waals surface area contributed by atoms with Gasteiger partial charge in [0.25, 0.3) is 5.91 Å².